The van der Waals surface area contributed by atoms with E-state index in [-0.39, 0.29) is 11.6 Å². The molecule has 1 aliphatic carbocycles. The Kier molecular flexibility index (Phi) is 3.51. The molecule has 0 radical (unpaired) electrons. The molecule has 3 N–H and O–H groups in total. The van der Waals surface area contributed by atoms with Gasteiger partial charge in [0, 0.05) is 43.4 Å². The average Bonchev–Trinajstić information content (AvgIpc) is 2.97. The number of pyridine rings is 2. The largest absolute Gasteiger partial charge is 0.508 e. The molecule has 0 amide bonds. The normalized spacial score (nSPS) is 11.6. The topological polar surface area (TPSA) is 99.1 Å². The predicted octanol–water partition coefficient (Wildman–Crippen LogP) is 2.94. The molecule has 0 aliphatic heterocycles. The fraction of sp³-hybridized carbons (Fsp3) is 0.150. The summed E-state index contributed by atoms with van der Waals surface area (Å²) in [5.41, 5.74) is 11.7. The second-order valence-electron chi connectivity index (χ2n) is 6.50. The van der Waals surface area contributed by atoms with E-state index >= 15 is 0 Å². The van der Waals surface area contributed by atoms with Gasteiger partial charge >= 0.3 is 0 Å². The van der Waals surface area contributed by atoms with Crippen molar-refractivity contribution in [2.24, 2.45) is 0 Å². The van der Waals surface area contributed by atoms with Crippen LogP contribution in [0.4, 0.5) is 11.6 Å². The lowest BCUT2D eigenvalue weighted by Crippen LogP contribution is -2.10. The molecule has 3 aromatic rings. The van der Waals surface area contributed by atoms with E-state index in [0.29, 0.717) is 12.0 Å². The van der Waals surface area contributed by atoms with Crippen LogP contribution in [-0.4, -0.2) is 29.2 Å². The SMILES string of the molecule is CN(C)c1ccc(-c2c(C#N)c(N)nc3c2Cc2cc(O)ccc2-3)cn1. The minimum atomic E-state index is 0.207. The minimum absolute atomic E-state index is 0.207. The Morgan fingerprint density at radius 1 is 1.23 bits per heavy atom. The number of aromatic hydroxyl groups is 1. The van der Waals surface area contributed by atoms with Crippen LogP contribution in [0.1, 0.15) is 16.7 Å². The number of rotatable bonds is 2. The molecular weight excluding hydrogens is 326 g/mol. The molecule has 6 heteroatoms. The summed E-state index contributed by atoms with van der Waals surface area (Å²) in [6.45, 7) is 0. The third-order valence-corrected chi connectivity index (χ3v) is 4.64. The van der Waals surface area contributed by atoms with Crippen molar-refractivity contribution in [3.63, 3.8) is 0 Å². The smallest absolute Gasteiger partial charge is 0.142 e. The number of hydrogen-bond donors (Lipinski definition) is 2. The Balaban J connectivity index is 1.96. The van der Waals surface area contributed by atoms with Gasteiger partial charge in [0.25, 0.3) is 0 Å². The first kappa shape index (κ1) is 15.9. The second kappa shape index (κ2) is 5.74. The van der Waals surface area contributed by atoms with Gasteiger partial charge in [-0.25, -0.2) is 9.97 Å². The number of anilines is 2. The fourth-order valence-electron chi connectivity index (χ4n) is 3.41. The molecule has 0 fully saturated rings. The third kappa shape index (κ3) is 2.33. The molecule has 1 aromatic carbocycles. The zero-order chi connectivity index (χ0) is 18.4. The molecule has 2 aromatic heterocycles. The van der Waals surface area contributed by atoms with E-state index in [9.17, 15) is 10.4 Å². The Bertz CT molecular complexity index is 1070. The Labute approximate surface area is 151 Å². The first-order valence-corrected chi connectivity index (χ1v) is 8.18. The van der Waals surface area contributed by atoms with Crippen LogP contribution in [0, 0.1) is 11.3 Å². The van der Waals surface area contributed by atoms with Gasteiger partial charge in [0.2, 0.25) is 0 Å². The lowest BCUT2D eigenvalue weighted by Gasteiger charge is -2.15. The van der Waals surface area contributed by atoms with Crippen molar-refractivity contribution in [2.75, 3.05) is 24.7 Å². The number of nitrogen functional groups attached to an aromatic ring is 1. The zero-order valence-electron chi connectivity index (χ0n) is 14.5. The minimum Gasteiger partial charge on any atom is -0.508 e. The molecule has 0 atom stereocenters. The van der Waals surface area contributed by atoms with Crippen LogP contribution in [-0.2, 0) is 6.42 Å². The fourth-order valence-corrected chi connectivity index (χ4v) is 3.41. The maximum Gasteiger partial charge on any atom is 0.142 e. The molecule has 26 heavy (non-hydrogen) atoms. The maximum atomic E-state index is 9.79. The molecule has 2 heterocycles. The number of phenolic OH excluding ortho intramolecular Hbond substituents is 1. The van der Waals surface area contributed by atoms with E-state index in [1.54, 1.807) is 18.3 Å². The van der Waals surface area contributed by atoms with Gasteiger partial charge in [-0.2, -0.15) is 5.26 Å². The first-order valence-electron chi connectivity index (χ1n) is 8.18. The van der Waals surface area contributed by atoms with E-state index < -0.39 is 0 Å². The van der Waals surface area contributed by atoms with E-state index in [4.69, 9.17) is 5.73 Å². The number of nitrogens with zero attached hydrogens (tertiary/aromatic N) is 4. The van der Waals surface area contributed by atoms with Crippen molar-refractivity contribution in [1.82, 2.24) is 9.97 Å². The summed E-state index contributed by atoms with van der Waals surface area (Å²) in [7, 11) is 3.85. The summed E-state index contributed by atoms with van der Waals surface area (Å²) in [4.78, 5) is 10.9. The quantitative estimate of drug-likeness (QED) is 0.580. The van der Waals surface area contributed by atoms with Crippen LogP contribution in [0.25, 0.3) is 22.4 Å². The number of phenols is 1. The van der Waals surface area contributed by atoms with Crippen molar-refractivity contribution < 1.29 is 5.11 Å². The van der Waals surface area contributed by atoms with Crippen LogP contribution < -0.4 is 10.6 Å². The summed E-state index contributed by atoms with van der Waals surface area (Å²) >= 11 is 0. The van der Waals surface area contributed by atoms with Crippen LogP contribution >= 0.6 is 0 Å². The van der Waals surface area contributed by atoms with Gasteiger partial charge < -0.3 is 15.7 Å². The number of hydrogen-bond acceptors (Lipinski definition) is 6. The van der Waals surface area contributed by atoms with Gasteiger partial charge in [-0.3, -0.25) is 0 Å². The molecule has 0 saturated carbocycles. The number of benzene rings is 1. The molecular formula is C20H17N5O. The molecule has 0 bridgehead atoms. The first-order chi connectivity index (χ1) is 12.5. The molecule has 4 rings (SSSR count). The van der Waals surface area contributed by atoms with Crippen molar-refractivity contribution in [3.05, 3.63) is 53.2 Å². The summed E-state index contributed by atoms with van der Waals surface area (Å²) in [6, 6.07) is 11.3. The highest BCUT2D eigenvalue weighted by molar-refractivity contribution is 5.88. The van der Waals surface area contributed by atoms with Crippen molar-refractivity contribution in [3.8, 4) is 34.2 Å². The summed E-state index contributed by atoms with van der Waals surface area (Å²) < 4.78 is 0. The average molecular weight is 343 g/mol. The van der Waals surface area contributed by atoms with E-state index in [0.717, 1.165) is 39.3 Å². The van der Waals surface area contributed by atoms with Crippen LogP contribution in [0.5, 0.6) is 5.75 Å². The van der Waals surface area contributed by atoms with Gasteiger partial charge in [0.05, 0.1) is 5.69 Å². The molecule has 0 saturated heterocycles. The zero-order valence-corrected chi connectivity index (χ0v) is 14.5. The van der Waals surface area contributed by atoms with Crippen molar-refractivity contribution >= 4 is 11.6 Å². The van der Waals surface area contributed by atoms with Crippen molar-refractivity contribution in [2.45, 2.75) is 6.42 Å². The molecule has 1 aliphatic rings. The highest BCUT2D eigenvalue weighted by Crippen LogP contribution is 2.44. The highest BCUT2D eigenvalue weighted by atomic mass is 16.3. The van der Waals surface area contributed by atoms with Gasteiger partial charge in [0.1, 0.15) is 29.0 Å². The van der Waals surface area contributed by atoms with Gasteiger partial charge in [-0.1, -0.05) is 0 Å². The summed E-state index contributed by atoms with van der Waals surface area (Å²) in [5, 5.41) is 19.4. The molecule has 0 unspecified atom stereocenters. The van der Waals surface area contributed by atoms with Gasteiger partial charge in [-0.15, -0.1) is 0 Å². The van der Waals surface area contributed by atoms with E-state index in [1.165, 1.54) is 0 Å². The lowest BCUT2D eigenvalue weighted by atomic mass is 9.95. The molecule has 0 spiro atoms. The van der Waals surface area contributed by atoms with Gasteiger partial charge in [0.15, 0.2) is 0 Å². The Hall–Kier alpha value is -3.59. The Morgan fingerprint density at radius 2 is 2.04 bits per heavy atom. The number of nitriles is 1. The second-order valence-corrected chi connectivity index (χ2v) is 6.50. The monoisotopic (exact) mass is 343 g/mol. The Morgan fingerprint density at radius 3 is 2.69 bits per heavy atom. The van der Waals surface area contributed by atoms with E-state index in [2.05, 4.69) is 16.0 Å². The number of aromatic nitrogens is 2. The third-order valence-electron chi connectivity index (χ3n) is 4.64. The molecule has 128 valence electrons. The predicted molar refractivity (Wildman–Crippen MR) is 101 cm³/mol. The molecule has 6 nitrogen and oxygen atoms in total. The number of fused-ring (bicyclic) bond motifs is 3. The highest BCUT2D eigenvalue weighted by Gasteiger charge is 2.27. The van der Waals surface area contributed by atoms with E-state index in [1.807, 2.05) is 37.2 Å². The number of nitrogens with two attached hydrogens (primary N) is 1. The standard InChI is InChI=1S/C20H17N5O/c1-25(2)17-6-3-11(10-23-17)18-15-8-12-7-13(26)4-5-14(12)19(15)24-20(22)16(18)9-21/h3-7,10,26H,8H2,1-2H3,(H2,22,24). The van der Waals surface area contributed by atoms with Gasteiger partial charge in [-0.05, 0) is 41.5 Å². The van der Waals surface area contributed by atoms with Crippen LogP contribution in [0.2, 0.25) is 0 Å². The van der Waals surface area contributed by atoms with Crippen LogP contribution in [0.3, 0.4) is 0 Å². The van der Waals surface area contributed by atoms with Crippen molar-refractivity contribution in [1.29, 1.82) is 5.26 Å². The van der Waals surface area contributed by atoms with Crippen LogP contribution in [0.15, 0.2) is 36.5 Å². The summed E-state index contributed by atoms with van der Waals surface area (Å²) in [5.74, 6) is 1.25. The summed E-state index contributed by atoms with van der Waals surface area (Å²) in [6.07, 6.45) is 2.34. The lowest BCUT2D eigenvalue weighted by molar-refractivity contribution is 0.475. The maximum absolute atomic E-state index is 9.79.